The number of nitrogens with zero attached hydrogens (tertiary/aromatic N) is 4. The third-order valence-corrected chi connectivity index (χ3v) is 6.85. The van der Waals surface area contributed by atoms with E-state index in [1.165, 1.54) is 30.8 Å². The SMILES string of the molecule is O=C(CCCN1C(=O)c2ccc(Br)cc2C1=O)N1CCN(CCN2CCCC2)CC1. The van der Waals surface area contributed by atoms with Crippen LogP contribution in [0.4, 0.5) is 0 Å². The number of hydrogen-bond acceptors (Lipinski definition) is 5. The average molecular weight is 477 g/mol. The minimum atomic E-state index is -0.268. The van der Waals surface area contributed by atoms with Crippen molar-refractivity contribution in [1.29, 1.82) is 0 Å². The maximum absolute atomic E-state index is 12.6. The van der Waals surface area contributed by atoms with Gasteiger partial charge < -0.3 is 9.80 Å². The zero-order valence-corrected chi connectivity index (χ0v) is 18.9. The number of halogens is 1. The molecular weight excluding hydrogens is 448 g/mol. The summed E-state index contributed by atoms with van der Waals surface area (Å²) in [4.78, 5) is 45.7. The molecule has 0 bridgehead atoms. The van der Waals surface area contributed by atoms with Crippen LogP contribution < -0.4 is 0 Å². The average Bonchev–Trinajstić information content (AvgIpc) is 3.35. The highest BCUT2D eigenvalue weighted by molar-refractivity contribution is 9.10. The topological polar surface area (TPSA) is 64.2 Å². The van der Waals surface area contributed by atoms with E-state index in [9.17, 15) is 14.4 Å². The quantitative estimate of drug-likeness (QED) is 0.563. The van der Waals surface area contributed by atoms with Gasteiger partial charge in [0.15, 0.2) is 0 Å². The summed E-state index contributed by atoms with van der Waals surface area (Å²) < 4.78 is 0.777. The molecule has 162 valence electrons. The fourth-order valence-electron chi connectivity index (χ4n) is 4.52. The second-order valence-corrected chi connectivity index (χ2v) is 9.24. The Balaban J connectivity index is 1.18. The van der Waals surface area contributed by atoms with E-state index in [2.05, 4.69) is 25.7 Å². The number of amides is 3. The summed E-state index contributed by atoms with van der Waals surface area (Å²) in [5, 5.41) is 0. The highest BCUT2D eigenvalue weighted by Gasteiger charge is 2.35. The van der Waals surface area contributed by atoms with Crippen LogP contribution in [-0.2, 0) is 4.79 Å². The molecule has 1 aromatic carbocycles. The molecule has 3 amide bonds. The normalized spacial score (nSPS) is 20.3. The van der Waals surface area contributed by atoms with Gasteiger partial charge in [0.2, 0.25) is 5.91 Å². The Kier molecular flexibility index (Phi) is 6.85. The molecule has 8 heteroatoms. The van der Waals surface area contributed by atoms with E-state index in [0.29, 0.717) is 24.0 Å². The predicted octanol–water partition coefficient (Wildman–Crippen LogP) is 2.07. The molecule has 2 saturated heterocycles. The molecule has 0 saturated carbocycles. The first kappa shape index (κ1) is 21.5. The zero-order valence-electron chi connectivity index (χ0n) is 17.3. The van der Waals surface area contributed by atoms with E-state index >= 15 is 0 Å². The summed E-state index contributed by atoms with van der Waals surface area (Å²) in [5.41, 5.74) is 0.880. The number of hydrogen-bond donors (Lipinski definition) is 0. The molecule has 0 aromatic heterocycles. The van der Waals surface area contributed by atoms with Crippen molar-refractivity contribution in [2.45, 2.75) is 25.7 Å². The molecule has 7 nitrogen and oxygen atoms in total. The van der Waals surface area contributed by atoms with Gasteiger partial charge in [-0.3, -0.25) is 24.2 Å². The molecular formula is C22H29BrN4O3. The number of benzene rings is 1. The molecule has 0 spiro atoms. The molecule has 0 aliphatic carbocycles. The second kappa shape index (κ2) is 9.58. The Bertz CT molecular complexity index is 817. The first-order valence-corrected chi connectivity index (χ1v) is 11.7. The molecule has 0 N–H and O–H groups in total. The molecule has 0 atom stereocenters. The molecule has 0 radical (unpaired) electrons. The Morgan fingerprint density at radius 3 is 2.17 bits per heavy atom. The molecule has 3 heterocycles. The van der Waals surface area contributed by atoms with Gasteiger partial charge in [0.1, 0.15) is 0 Å². The minimum absolute atomic E-state index is 0.119. The zero-order chi connectivity index (χ0) is 21.1. The van der Waals surface area contributed by atoms with Gasteiger partial charge in [-0.25, -0.2) is 0 Å². The van der Waals surface area contributed by atoms with Crippen LogP contribution in [0.5, 0.6) is 0 Å². The molecule has 0 unspecified atom stereocenters. The fourth-order valence-corrected chi connectivity index (χ4v) is 4.88. The second-order valence-electron chi connectivity index (χ2n) is 8.33. The lowest BCUT2D eigenvalue weighted by Gasteiger charge is -2.35. The van der Waals surface area contributed by atoms with E-state index in [-0.39, 0.29) is 24.3 Å². The maximum atomic E-state index is 12.6. The highest BCUT2D eigenvalue weighted by Crippen LogP contribution is 2.26. The van der Waals surface area contributed by atoms with Crippen LogP contribution >= 0.6 is 15.9 Å². The van der Waals surface area contributed by atoms with Crippen LogP contribution in [-0.4, -0.2) is 96.2 Å². The molecule has 1 aromatic rings. The largest absolute Gasteiger partial charge is 0.340 e. The first-order chi connectivity index (χ1) is 14.5. The first-order valence-electron chi connectivity index (χ1n) is 10.9. The van der Waals surface area contributed by atoms with Crippen LogP contribution in [0.3, 0.4) is 0 Å². The maximum Gasteiger partial charge on any atom is 0.261 e. The highest BCUT2D eigenvalue weighted by atomic mass is 79.9. The number of imide groups is 1. The molecule has 4 rings (SSSR count). The number of rotatable bonds is 7. The van der Waals surface area contributed by atoms with Gasteiger partial charge in [0, 0.05) is 56.7 Å². The van der Waals surface area contributed by atoms with Crippen molar-refractivity contribution in [3.05, 3.63) is 33.8 Å². The van der Waals surface area contributed by atoms with Gasteiger partial charge in [-0.1, -0.05) is 15.9 Å². The number of carbonyl (C=O) groups excluding carboxylic acids is 3. The Morgan fingerprint density at radius 2 is 1.47 bits per heavy atom. The molecule has 30 heavy (non-hydrogen) atoms. The van der Waals surface area contributed by atoms with Crippen LogP contribution in [0.2, 0.25) is 0 Å². The van der Waals surface area contributed by atoms with Crippen LogP contribution in [0, 0.1) is 0 Å². The van der Waals surface area contributed by atoms with E-state index in [1.54, 1.807) is 18.2 Å². The predicted molar refractivity (Wildman–Crippen MR) is 117 cm³/mol. The fraction of sp³-hybridized carbons (Fsp3) is 0.591. The summed E-state index contributed by atoms with van der Waals surface area (Å²) in [6.45, 7) is 8.32. The van der Waals surface area contributed by atoms with Crippen molar-refractivity contribution in [2.24, 2.45) is 0 Å². The number of fused-ring (bicyclic) bond motifs is 1. The summed E-state index contributed by atoms with van der Waals surface area (Å²) in [6.07, 6.45) is 3.51. The molecule has 3 aliphatic rings. The summed E-state index contributed by atoms with van der Waals surface area (Å²) in [7, 11) is 0. The van der Waals surface area contributed by atoms with Crippen molar-refractivity contribution in [1.82, 2.24) is 19.6 Å². The Hall–Kier alpha value is -1.77. The van der Waals surface area contributed by atoms with E-state index in [0.717, 1.165) is 43.7 Å². The lowest BCUT2D eigenvalue weighted by atomic mass is 10.1. The van der Waals surface area contributed by atoms with E-state index < -0.39 is 0 Å². The number of carbonyl (C=O) groups is 3. The third kappa shape index (κ3) is 4.76. The van der Waals surface area contributed by atoms with Crippen LogP contribution in [0.25, 0.3) is 0 Å². The van der Waals surface area contributed by atoms with E-state index in [4.69, 9.17) is 0 Å². The summed E-state index contributed by atoms with van der Waals surface area (Å²) in [5.74, 6) is -0.412. The smallest absolute Gasteiger partial charge is 0.261 e. The lowest BCUT2D eigenvalue weighted by Crippen LogP contribution is -2.50. The van der Waals surface area contributed by atoms with Crippen LogP contribution in [0.1, 0.15) is 46.4 Å². The van der Waals surface area contributed by atoms with Crippen LogP contribution in [0.15, 0.2) is 22.7 Å². The van der Waals surface area contributed by atoms with E-state index in [1.807, 2.05) is 4.90 Å². The van der Waals surface area contributed by atoms with Gasteiger partial charge in [0.25, 0.3) is 11.8 Å². The van der Waals surface area contributed by atoms with Crippen molar-refractivity contribution in [3.8, 4) is 0 Å². The van der Waals surface area contributed by atoms with Gasteiger partial charge in [-0.15, -0.1) is 0 Å². The van der Waals surface area contributed by atoms with Crippen molar-refractivity contribution in [3.63, 3.8) is 0 Å². The Labute approximate surface area is 186 Å². The summed E-state index contributed by atoms with van der Waals surface area (Å²) >= 11 is 3.34. The van der Waals surface area contributed by atoms with Gasteiger partial charge in [-0.05, 0) is 50.6 Å². The Morgan fingerprint density at radius 1 is 0.833 bits per heavy atom. The van der Waals surface area contributed by atoms with Crippen molar-refractivity contribution in [2.75, 3.05) is 58.9 Å². The number of piperazine rings is 1. The lowest BCUT2D eigenvalue weighted by molar-refractivity contribution is -0.133. The number of likely N-dealkylation sites (tertiary alicyclic amines) is 1. The summed E-state index contributed by atoms with van der Waals surface area (Å²) in [6, 6.07) is 5.12. The minimum Gasteiger partial charge on any atom is -0.340 e. The van der Waals surface area contributed by atoms with Gasteiger partial charge >= 0.3 is 0 Å². The third-order valence-electron chi connectivity index (χ3n) is 6.36. The van der Waals surface area contributed by atoms with Crippen molar-refractivity contribution < 1.29 is 14.4 Å². The standard InChI is InChI=1S/C22H29BrN4O3/c23-17-5-6-18-19(16-17)22(30)27(21(18)29)9-3-4-20(28)26-14-12-25(13-15-26)11-10-24-7-1-2-8-24/h5-6,16H,1-4,7-15H2. The van der Waals surface area contributed by atoms with Gasteiger partial charge in [0.05, 0.1) is 11.1 Å². The van der Waals surface area contributed by atoms with Crippen molar-refractivity contribution >= 4 is 33.7 Å². The molecule has 2 fully saturated rings. The van der Waals surface area contributed by atoms with Gasteiger partial charge in [-0.2, -0.15) is 0 Å². The molecule has 3 aliphatic heterocycles. The monoisotopic (exact) mass is 476 g/mol.